The molecule has 180 valence electrons. The van der Waals surface area contributed by atoms with Crippen LogP contribution in [0, 0.1) is 0 Å². The van der Waals surface area contributed by atoms with Crippen LogP contribution in [0.1, 0.15) is 52.6 Å². The summed E-state index contributed by atoms with van der Waals surface area (Å²) >= 11 is 0. The van der Waals surface area contributed by atoms with E-state index in [2.05, 4.69) is 24.5 Å². The minimum absolute atomic E-state index is 0.162. The molecule has 0 fully saturated rings. The third-order valence-corrected chi connectivity index (χ3v) is 5.82. The molecule has 0 saturated carbocycles. The normalized spacial score (nSPS) is 15.0. The van der Waals surface area contributed by atoms with Crippen LogP contribution < -0.4 is 20.1 Å². The summed E-state index contributed by atoms with van der Waals surface area (Å²) in [6.07, 6.45) is 2.45. The molecule has 1 aliphatic heterocycles. The number of ketones is 1. The minimum Gasteiger partial charge on any atom is -0.497 e. The lowest BCUT2D eigenvalue weighted by Crippen LogP contribution is -2.43. The van der Waals surface area contributed by atoms with E-state index in [0.717, 1.165) is 29.0 Å². The number of anilines is 1. The van der Waals surface area contributed by atoms with Gasteiger partial charge in [0.2, 0.25) is 0 Å². The van der Waals surface area contributed by atoms with Gasteiger partial charge in [0.1, 0.15) is 11.5 Å². The van der Waals surface area contributed by atoms with E-state index in [-0.39, 0.29) is 17.2 Å². The molecule has 1 heterocycles. The molecule has 2 N–H and O–H groups in total. The topological polar surface area (TPSA) is 76.7 Å². The van der Waals surface area contributed by atoms with Crippen molar-refractivity contribution in [3.63, 3.8) is 0 Å². The van der Waals surface area contributed by atoms with Crippen LogP contribution in [0.25, 0.3) is 5.70 Å². The second-order valence-electron chi connectivity index (χ2n) is 9.10. The van der Waals surface area contributed by atoms with Crippen LogP contribution in [0.3, 0.4) is 0 Å². The van der Waals surface area contributed by atoms with Gasteiger partial charge in [-0.1, -0.05) is 30.3 Å². The van der Waals surface area contributed by atoms with Crippen LogP contribution in [0.2, 0.25) is 0 Å². The van der Waals surface area contributed by atoms with Gasteiger partial charge in [0.25, 0.3) is 5.91 Å². The molecule has 0 saturated heterocycles. The lowest BCUT2D eigenvalue weighted by atomic mass is 9.85. The van der Waals surface area contributed by atoms with Crippen molar-refractivity contribution in [3.05, 3.63) is 95.1 Å². The molecule has 0 aromatic heterocycles. The maximum Gasteiger partial charge on any atom is 0.259 e. The molecule has 1 aliphatic rings. The van der Waals surface area contributed by atoms with Crippen molar-refractivity contribution in [2.45, 2.75) is 32.7 Å². The van der Waals surface area contributed by atoms with Gasteiger partial charge in [-0.15, -0.1) is 0 Å². The highest BCUT2D eigenvalue weighted by Gasteiger charge is 2.28. The molecular weight excluding hydrogens is 440 g/mol. The van der Waals surface area contributed by atoms with Gasteiger partial charge in [0, 0.05) is 34.1 Å². The summed E-state index contributed by atoms with van der Waals surface area (Å²) in [6, 6.07) is 19.9. The first-order valence-corrected chi connectivity index (χ1v) is 11.6. The lowest BCUT2D eigenvalue weighted by Gasteiger charge is -2.35. The Kier molecular flexibility index (Phi) is 6.92. The summed E-state index contributed by atoms with van der Waals surface area (Å²) in [4.78, 5) is 26.1. The van der Waals surface area contributed by atoms with Crippen LogP contribution >= 0.6 is 0 Å². The molecule has 0 bridgehead atoms. The Morgan fingerprint density at radius 2 is 1.86 bits per heavy atom. The highest BCUT2D eigenvalue weighted by molar-refractivity contribution is 6.10. The number of nitrogens with one attached hydrogen (secondary N) is 2. The number of fused-ring (bicyclic) bond motifs is 1. The van der Waals surface area contributed by atoms with E-state index < -0.39 is 0 Å². The van der Waals surface area contributed by atoms with Gasteiger partial charge >= 0.3 is 0 Å². The van der Waals surface area contributed by atoms with Gasteiger partial charge in [0.05, 0.1) is 19.3 Å². The average molecular weight is 471 g/mol. The van der Waals surface area contributed by atoms with Gasteiger partial charge in [-0.2, -0.15) is 0 Å². The molecule has 3 aromatic carbocycles. The summed E-state index contributed by atoms with van der Waals surface area (Å²) in [5.41, 5.74) is 4.11. The van der Waals surface area contributed by atoms with E-state index in [1.807, 2.05) is 31.2 Å². The standard InChI is InChI=1S/C29H30N2O4/c1-5-35-27-12-7-6-11-23(27)28(33)30-21-10-8-9-19(15-21)26(32)17-25-24-16-22(34-4)14-13-20(24)18-29(2,3)31-25/h6-17,31H,5,18H2,1-4H3,(H,30,33). The number of rotatable bonds is 7. The Balaban J connectivity index is 1.60. The predicted octanol–water partition coefficient (Wildman–Crippen LogP) is 5.49. The fourth-order valence-corrected chi connectivity index (χ4v) is 4.25. The number of hydrogen-bond acceptors (Lipinski definition) is 5. The predicted molar refractivity (Wildman–Crippen MR) is 138 cm³/mol. The van der Waals surface area contributed by atoms with Crippen LogP contribution in [0.15, 0.2) is 72.8 Å². The number of allylic oxidation sites excluding steroid dienone is 1. The monoisotopic (exact) mass is 470 g/mol. The third kappa shape index (κ3) is 5.54. The first-order chi connectivity index (χ1) is 16.8. The Bertz CT molecular complexity index is 1290. The van der Waals surface area contributed by atoms with Crippen molar-refractivity contribution < 1.29 is 19.1 Å². The van der Waals surface area contributed by atoms with Gasteiger partial charge < -0.3 is 20.1 Å². The second-order valence-corrected chi connectivity index (χ2v) is 9.10. The SMILES string of the molecule is CCOc1ccccc1C(=O)Nc1cccc(C(=O)C=C2NC(C)(C)Cc3ccc(OC)cc32)c1. The second kappa shape index (κ2) is 10.1. The van der Waals surface area contributed by atoms with Crippen molar-refractivity contribution in [2.24, 2.45) is 0 Å². The molecule has 0 spiro atoms. The largest absolute Gasteiger partial charge is 0.497 e. The number of hydrogen-bond donors (Lipinski definition) is 2. The van der Waals surface area contributed by atoms with E-state index in [1.54, 1.807) is 55.7 Å². The smallest absolute Gasteiger partial charge is 0.259 e. The van der Waals surface area contributed by atoms with E-state index in [4.69, 9.17) is 9.47 Å². The maximum atomic E-state index is 13.3. The van der Waals surface area contributed by atoms with Crippen LogP contribution in [0.4, 0.5) is 5.69 Å². The number of methoxy groups -OCH3 is 1. The molecule has 0 radical (unpaired) electrons. The average Bonchev–Trinajstić information content (AvgIpc) is 2.84. The molecule has 6 heteroatoms. The fourth-order valence-electron chi connectivity index (χ4n) is 4.25. The number of ether oxygens (including phenoxy) is 2. The summed E-state index contributed by atoms with van der Waals surface area (Å²) in [6.45, 7) is 6.54. The van der Waals surface area contributed by atoms with E-state index in [1.165, 1.54) is 0 Å². The van der Waals surface area contributed by atoms with Gasteiger partial charge in [0.15, 0.2) is 5.78 Å². The van der Waals surface area contributed by atoms with E-state index in [0.29, 0.717) is 29.2 Å². The van der Waals surface area contributed by atoms with Gasteiger partial charge in [-0.25, -0.2) is 0 Å². The quantitative estimate of drug-likeness (QED) is 0.353. The molecule has 0 unspecified atom stereocenters. The summed E-state index contributed by atoms with van der Waals surface area (Å²) in [7, 11) is 1.63. The summed E-state index contributed by atoms with van der Waals surface area (Å²) in [5, 5.41) is 6.36. The zero-order valence-corrected chi connectivity index (χ0v) is 20.5. The van der Waals surface area contributed by atoms with Crippen LogP contribution in [-0.2, 0) is 6.42 Å². The third-order valence-electron chi connectivity index (χ3n) is 5.82. The molecule has 6 nitrogen and oxygen atoms in total. The zero-order chi connectivity index (χ0) is 25.0. The van der Waals surface area contributed by atoms with Gasteiger partial charge in [-0.3, -0.25) is 9.59 Å². The number of para-hydroxylation sites is 1. The molecule has 1 amide bonds. The van der Waals surface area contributed by atoms with Crippen LogP contribution in [-0.4, -0.2) is 30.9 Å². The van der Waals surface area contributed by atoms with E-state index >= 15 is 0 Å². The molecular formula is C29H30N2O4. The lowest BCUT2D eigenvalue weighted by molar-refractivity contribution is 0.101. The zero-order valence-electron chi connectivity index (χ0n) is 20.5. The summed E-state index contributed by atoms with van der Waals surface area (Å²) in [5.74, 6) is 0.795. The Morgan fingerprint density at radius 3 is 2.63 bits per heavy atom. The number of carbonyl (C=O) groups excluding carboxylic acids is 2. The van der Waals surface area contributed by atoms with Crippen molar-refractivity contribution >= 4 is 23.1 Å². The molecule has 0 atom stereocenters. The molecule has 0 aliphatic carbocycles. The number of benzene rings is 3. The molecule has 3 aromatic rings. The summed E-state index contributed by atoms with van der Waals surface area (Å²) < 4.78 is 11.0. The Hall–Kier alpha value is -4.06. The van der Waals surface area contributed by atoms with Gasteiger partial charge in [-0.05, 0) is 69.2 Å². The highest BCUT2D eigenvalue weighted by Crippen LogP contribution is 2.32. The Labute approximate surface area is 206 Å². The number of carbonyl (C=O) groups is 2. The van der Waals surface area contributed by atoms with E-state index in [9.17, 15) is 9.59 Å². The van der Waals surface area contributed by atoms with Crippen molar-refractivity contribution in [1.82, 2.24) is 5.32 Å². The highest BCUT2D eigenvalue weighted by atomic mass is 16.5. The number of amides is 1. The van der Waals surface area contributed by atoms with Crippen molar-refractivity contribution in [1.29, 1.82) is 0 Å². The fraction of sp³-hybridized carbons (Fsp3) is 0.241. The maximum absolute atomic E-state index is 13.3. The van der Waals surface area contributed by atoms with Crippen molar-refractivity contribution in [3.8, 4) is 11.5 Å². The Morgan fingerprint density at radius 1 is 1.06 bits per heavy atom. The molecule has 35 heavy (non-hydrogen) atoms. The van der Waals surface area contributed by atoms with Crippen LogP contribution in [0.5, 0.6) is 11.5 Å². The minimum atomic E-state index is -0.297. The first kappa shape index (κ1) is 24.1. The van der Waals surface area contributed by atoms with Crippen molar-refractivity contribution in [2.75, 3.05) is 19.0 Å². The first-order valence-electron chi connectivity index (χ1n) is 11.6. The molecule has 4 rings (SSSR count).